The second kappa shape index (κ2) is 7.22. The van der Waals surface area contributed by atoms with Crippen LogP contribution in [0.2, 0.25) is 0 Å². The van der Waals surface area contributed by atoms with E-state index >= 15 is 0 Å². The Morgan fingerprint density at radius 2 is 1.38 bits per heavy atom. The maximum atomic E-state index is 11.1. The van der Waals surface area contributed by atoms with Crippen molar-refractivity contribution in [1.82, 2.24) is 24.5 Å². The highest BCUT2D eigenvalue weighted by atomic mass is 16.5. The summed E-state index contributed by atoms with van der Waals surface area (Å²) in [7, 11) is 0. The number of aromatic carboxylic acids is 1. The Balaban J connectivity index is 1.72. The number of ether oxygens (including phenoxy) is 2. The van der Waals surface area contributed by atoms with Crippen molar-refractivity contribution < 1.29 is 19.4 Å². The SMILES string of the molecule is O=C(O)c1cn(-c2nc(N3CCOCC3)nc(N3CCOCC3)n2)cn1. The molecule has 2 aliphatic heterocycles. The van der Waals surface area contributed by atoms with Crippen LogP contribution in [0.5, 0.6) is 0 Å². The molecule has 0 aromatic carbocycles. The van der Waals surface area contributed by atoms with Crippen molar-refractivity contribution in [3.8, 4) is 5.95 Å². The van der Waals surface area contributed by atoms with Gasteiger partial charge in [-0.15, -0.1) is 0 Å². The normalized spacial score (nSPS) is 18.2. The van der Waals surface area contributed by atoms with E-state index in [0.717, 1.165) is 0 Å². The average Bonchev–Trinajstić information content (AvgIpc) is 3.20. The number of rotatable bonds is 4. The van der Waals surface area contributed by atoms with Gasteiger partial charge in [0.05, 0.1) is 26.4 Å². The van der Waals surface area contributed by atoms with Gasteiger partial charge in [-0.05, 0) is 0 Å². The Morgan fingerprint density at radius 1 is 0.885 bits per heavy atom. The zero-order valence-corrected chi connectivity index (χ0v) is 14.1. The Hall–Kier alpha value is -2.79. The molecule has 11 nitrogen and oxygen atoms in total. The molecule has 2 fully saturated rings. The van der Waals surface area contributed by atoms with E-state index in [9.17, 15) is 4.79 Å². The minimum Gasteiger partial charge on any atom is -0.476 e. The van der Waals surface area contributed by atoms with Crippen molar-refractivity contribution in [2.45, 2.75) is 0 Å². The highest BCUT2D eigenvalue weighted by Gasteiger charge is 2.21. The van der Waals surface area contributed by atoms with E-state index in [1.807, 2.05) is 9.80 Å². The molecule has 0 aliphatic carbocycles. The molecule has 4 heterocycles. The van der Waals surface area contributed by atoms with Gasteiger partial charge in [0.15, 0.2) is 5.69 Å². The van der Waals surface area contributed by atoms with Gasteiger partial charge in [0.25, 0.3) is 0 Å². The lowest BCUT2D eigenvalue weighted by Gasteiger charge is -2.30. The minimum atomic E-state index is -1.10. The average molecular weight is 361 g/mol. The number of carboxylic acids is 1. The van der Waals surface area contributed by atoms with Gasteiger partial charge in [0, 0.05) is 32.4 Å². The lowest BCUT2D eigenvalue weighted by molar-refractivity contribution is 0.0691. The third-order valence-electron chi connectivity index (χ3n) is 4.22. The Kier molecular flexibility index (Phi) is 4.63. The molecule has 2 aromatic heterocycles. The smallest absolute Gasteiger partial charge is 0.356 e. The predicted molar refractivity (Wildman–Crippen MR) is 90.0 cm³/mol. The van der Waals surface area contributed by atoms with E-state index < -0.39 is 5.97 Å². The van der Waals surface area contributed by atoms with E-state index in [2.05, 4.69) is 19.9 Å². The van der Waals surface area contributed by atoms with Gasteiger partial charge in [0.1, 0.15) is 6.33 Å². The highest BCUT2D eigenvalue weighted by Crippen LogP contribution is 2.18. The van der Waals surface area contributed by atoms with Crippen LogP contribution in [0.25, 0.3) is 5.95 Å². The Labute approximate surface area is 149 Å². The first kappa shape index (κ1) is 16.7. The van der Waals surface area contributed by atoms with Crippen LogP contribution < -0.4 is 9.80 Å². The predicted octanol–water partition coefficient (Wildman–Crippen LogP) is -0.571. The molecule has 0 spiro atoms. The summed E-state index contributed by atoms with van der Waals surface area (Å²) in [5.41, 5.74) is -0.0637. The number of hydrogen-bond donors (Lipinski definition) is 1. The van der Waals surface area contributed by atoms with E-state index in [0.29, 0.717) is 70.5 Å². The molecule has 1 N–H and O–H groups in total. The minimum absolute atomic E-state index is 0.0637. The number of anilines is 2. The van der Waals surface area contributed by atoms with Gasteiger partial charge in [-0.25, -0.2) is 9.78 Å². The third-order valence-corrected chi connectivity index (χ3v) is 4.22. The first-order valence-corrected chi connectivity index (χ1v) is 8.40. The summed E-state index contributed by atoms with van der Waals surface area (Å²) in [6.07, 6.45) is 2.79. The van der Waals surface area contributed by atoms with Crippen LogP contribution in [0.15, 0.2) is 12.5 Å². The largest absolute Gasteiger partial charge is 0.476 e. The van der Waals surface area contributed by atoms with Crippen LogP contribution in [0.1, 0.15) is 10.5 Å². The van der Waals surface area contributed by atoms with Crippen LogP contribution in [-0.2, 0) is 9.47 Å². The van der Waals surface area contributed by atoms with Crippen molar-refractivity contribution in [2.75, 3.05) is 62.4 Å². The fourth-order valence-electron chi connectivity index (χ4n) is 2.81. The summed E-state index contributed by atoms with van der Waals surface area (Å²) in [5.74, 6) is 0.332. The number of imidazole rings is 1. The maximum absolute atomic E-state index is 11.1. The first-order valence-electron chi connectivity index (χ1n) is 8.40. The molecule has 0 unspecified atom stereocenters. The molecular formula is C15H19N7O4. The maximum Gasteiger partial charge on any atom is 0.356 e. The molecule has 138 valence electrons. The van der Waals surface area contributed by atoms with Gasteiger partial charge < -0.3 is 24.4 Å². The number of hydrogen-bond acceptors (Lipinski definition) is 9. The summed E-state index contributed by atoms with van der Waals surface area (Å²) in [4.78, 5) is 32.7. The van der Waals surface area contributed by atoms with Crippen LogP contribution >= 0.6 is 0 Å². The summed E-state index contributed by atoms with van der Waals surface area (Å²) >= 11 is 0. The fraction of sp³-hybridized carbons (Fsp3) is 0.533. The van der Waals surface area contributed by atoms with Gasteiger partial charge in [-0.3, -0.25) is 4.57 Å². The van der Waals surface area contributed by atoms with Crippen LogP contribution in [0, 0.1) is 0 Å². The number of carbonyl (C=O) groups is 1. The van der Waals surface area contributed by atoms with Crippen LogP contribution in [0.3, 0.4) is 0 Å². The van der Waals surface area contributed by atoms with Gasteiger partial charge in [0.2, 0.25) is 17.8 Å². The molecule has 26 heavy (non-hydrogen) atoms. The van der Waals surface area contributed by atoms with E-state index in [1.165, 1.54) is 17.1 Å². The number of morpholine rings is 2. The molecule has 2 saturated heterocycles. The molecule has 11 heteroatoms. The Morgan fingerprint density at radius 3 is 1.85 bits per heavy atom. The first-order chi connectivity index (χ1) is 12.7. The van der Waals surface area contributed by atoms with E-state index in [1.54, 1.807) is 0 Å². The topological polar surface area (TPSA) is 119 Å². The lowest BCUT2D eigenvalue weighted by Crippen LogP contribution is -2.40. The quantitative estimate of drug-likeness (QED) is 0.758. The van der Waals surface area contributed by atoms with E-state index in [4.69, 9.17) is 14.6 Å². The summed E-state index contributed by atoms with van der Waals surface area (Å²) < 4.78 is 12.3. The second-order valence-electron chi connectivity index (χ2n) is 5.91. The Bertz CT molecular complexity index is 748. The molecule has 2 aliphatic rings. The summed E-state index contributed by atoms with van der Waals surface area (Å²) in [5, 5.41) is 9.09. The van der Waals surface area contributed by atoms with Crippen molar-refractivity contribution in [1.29, 1.82) is 0 Å². The zero-order valence-electron chi connectivity index (χ0n) is 14.1. The number of aromatic nitrogens is 5. The van der Waals surface area contributed by atoms with Crippen molar-refractivity contribution in [3.63, 3.8) is 0 Å². The van der Waals surface area contributed by atoms with Crippen molar-refractivity contribution >= 4 is 17.9 Å². The second-order valence-corrected chi connectivity index (χ2v) is 5.91. The van der Waals surface area contributed by atoms with E-state index in [-0.39, 0.29) is 5.69 Å². The fourth-order valence-corrected chi connectivity index (χ4v) is 2.81. The molecule has 0 saturated carbocycles. The van der Waals surface area contributed by atoms with Gasteiger partial charge in [-0.1, -0.05) is 0 Å². The molecule has 0 atom stereocenters. The van der Waals surface area contributed by atoms with Gasteiger partial charge in [-0.2, -0.15) is 15.0 Å². The zero-order chi connectivity index (χ0) is 17.9. The summed E-state index contributed by atoms with van der Waals surface area (Å²) in [6, 6.07) is 0. The van der Waals surface area contributed by atoms with Crippen LogP contribution in [0.4, 0.5) is 11.9 Å². The lowest BCUT2D eigenvalue weighted by atomic mass is 10.4. The third kappa shape index (κ3) is 3.44. The van der Waals surface area contributed by atoms with Crippen LogP contribution in [-0.4, -0.2) is 88.2 Å². The summed E-state index contributed by atoms with van der Waals surface area (Å²) in [6.45, 7) is 5.22. The monoisotopic (exact) mass is 361 g/mol. The number of carboxylic acid groups (broad SMARTS) is 1. The van der Waals surface area contributed by atoms with Gasteiger partial charge >= 0.3 is 5.97 Å². The molecule has 4 rings (SSSR count). The molecule has 0 bridgehead atoms. The molecular weight excluding hydrogens is 342 g/mol. The molecule has 0 amide bonds. The van der Waals surface area contributed by atoms with Crippen molar-refractivity contribution in [2.24, 2.45) is 0 Å². The van der Waals surface area contributed by atoms with Crippen molar-refractivity contribution in [3.05, 3.63) is 18.2 Å². The highest BCUT2D eigenvalue weighted by molar-refractivity contribution is 5.85. The number of nitrogens with zero attached hydrogens (tertiary/aromatic N) is 7. The molecule has 0 radical (unpaired) electrons. The molecule has 2 aromatic rings. The standard InChI is InChI=1S/C15H19N7O4/c23-12(24)11-9-22(10-16-11)15-18-13(20-1-5-25-6-2-20)17-14(19-15)21-3-7-26-8-4-21/h9-10H,1-8H2,(H,23,24).